The lowest BCUT2D eigenvalue weighted by molar-refractivity contribution is -0.232. The molecule has 11 aliphatic rings. The number of nitrogens with one attached hydrogen (secondary N) is 1. The summed E-state index contributed by atoms with van der Waals surface area (Å²) in [5, 5.41) is 17.8. The Hall–Kier alpha value is -3.15. The number of benzene rings is 2. The Morgan fingerprint density at radius 2 is 1.72 bits per heavy atom. The fourth-order valence-electron chi connectivity index (χ4n) is 16.8. The molecule has 278 valence electrons. The van der Waals surface area contributed by atoms with Gasteiger partial charge < -0.3 is 34.3 Å². The van der Waals surface area contributed by atoms with Crippen LogP contribution in [0.5, 0.6) is 5.75 Å². The minimum Gasteiger partial charge on any atom is -0.495 e. The number of ether oxygens (including phenoxy) is 4. The molecule has 10 nitrogen and oxygen atoms in total. The predicted octanol–water partition coefficient (Wildman–Crippen LogP) is 4.16. The third-order valence-electron chi connectivity index (χ3n) is 17.7. The van der Waals surface area contributed by atoms with Crippen LogP contribution in [0.2, 0.25) is 0 Å². The second-order valence-corrected chi connectivity index (χ2v) is 18.9. The van der Waals surface area contributed by atoms with Crippen molar-refractivity contribution >= 4 is 17.3 Å². The summed E-state index contributed by atoms with van der Waals surface area (Å²) in [5.74, 6) is 0.674. The van der Waals surface area contributed by atoms with Crippen LogP contribution >= 0.6 is 0 Å². The highest BCUT2D eigenvalue weighted by Gasteiger charge is 2.83. The molecule has 53 heavy (non-hydrogen) atoms. The van der Waals surface area contributed by atoms with Crippen molar-refractivity contribution in [2.75, 3.05) is 70.4 Å². The van der Waals surface area contributed by atoms with Gasteiger partial charge in [-0.1, -0.05) is 30.3 Å². The maximum Gasteiger partial charge on any atom is 0.335 e. The number of nitrogens with zero attached hydrogens (tertiary/aromatic N) is 3. The fourth-order valence-corrected chi connectivity index (χ4v) is 16.8. The molecule has 2 N–H and O–H groups in total. The van der Waals surface area contributed by atoms with Gasteiger partial charge in [0.25, 0.3) is 0 Å². The maximum atomic E-state index is 14.0. The molecular weight excluding hydrogens is 668 g/mol. The van der Waals surface area contributed by atoms with Crippen LogP contribution in [0.15, 0.2) is 53.7 Å². The lowest BCUT2D eigenvalue weighted by Crippen LogP contribution is -2.81. The molecule has 2 aromatic carbocycles. The number of esters is 1. The van der Waals surface area contributed by atoms with Gasteiger partial charge in [-0.3, -0.25) is 9.80 Å². The summed E-state index contributed by atoms with van der Waals surface area (Å²) in [6, 6.07) is 15.8. The van der Waals surface area contributed by atoms with Gasteiger partial charge in [0.15, 0.2) is 5.72 Å². The number of fused-ring (bicyclic) bond motifs is 4. The molecule has 11 atom stereocenters. The molecule has 0 unspecified atom stereocenters. The van der Waals surface area contributed by atoms with Crippen molar-refractivity contribution in [3.63, 3.8) is 0 Å². The highest BCUT2D eigenvalue weighted by Crippen LogP contribution is 2.77. The van der Waals surface area contributed by atoms with Crippen molar-refractivity contribution in [1.82, 2.24) is 9.80 Å². The molecule has 0 amide bonds. The van der Waals surface area contributed by atoms with E-state index >= 15 is 0 Å². The first kappa shape index (κ1) is 31.1. The van der Waals surface area contributed by atoms with Gasteiger partial charge in [0.05, 0.1) is 48.5 Å². The van der Waals surface area contributed by atoms with Gasteiger partial charge in [0, 0.05) is 78.5 Å². The zero-order chi connectivity index (χ0) is 35.3. The van der Waals surface area contributed by atoms with E-state index in [1.807, 2.05) is 0 Å². The maximum absolute atomic E-state index is 14.0. The van der Waals surface area contributed by atoms with Crippen LogP contribution in [0.25, 0.3) is 0 Å². The van der Waals surface area contributed by atoms with Gasteiger partial charge >= 0.3 is 5.97 Å². The van der Waals surface area contributed by atoms with Crippen LogP contribution in [-0.4, -0.2) is 111 Å². The lowest BCUT2D eigenvalue weighted by Gasteiger charge is -2.70. The van der Waals surface area contributed by atoms with E-state index in [2.05, 4.69) is 62.5 Å². The minimum absolute atomic E-state index is 0.00339. The van der Waals surface area contributed by atoms with Crippen LogP contribution in [0.4, 0.5) is 11.4 Å². The van der Waals surface area contributed by atoms with Crippen molar-refractivity contribution in [2.24, 2.45) is 22.2 Å². The molecule has 5 spiro atoms. The van der Waals surface area contributed by atoms with Gasteiger partial charge in [-0.2, -0.15) is 0 Å². The summed E-state index contributed by atoms with van der Waals surface area (Å²) in [6.07, 6.45) is 7.62. The molecule has 7 saturated heterocycles. The van der Waals surface area contributed by atoms with Gasteiger partial charge in [0.1, 0.15) is 5.75 Å². The normalized spacial score (nSPS) is 47.6. The Bertz CT molecular complexity index is 2060. The fraction of sp³-hybridized carbons (Fsp3) is 0.651. The molecule has 9 aliphatic heterocycles. The second kappa shape index (κ2) is 9.62. The van der Waals surface area contributed by atoms with E-state index in [0.29, 0.717) is 19.6 Å². The number of para-hydroxylation sites is 2. The number of rotatable bonds is 2. The molecule has 2 aromatic rings. The highest BCUT2D eigenvalue weighted by atomic mass is 16.5. The Morgan fingerprint density at radius 1 is 0.887 bits per heavy atom. The number of anilines is 2. The average Bonchev–Trinajstić information content (AvgIpc) is 4.02. The number of hydrogen-bond donors (Lipinski definition) is 2. The predicted molar refractivity (Wildman–Crippen MR) is 196 cm³/mol. The number of piperidine rings is 3. The highest BCUT2D eigenvalue weighted by molar-refractivity contribution is 5.93. The Kier molecular flexibility index (Phi) is 5.64. The summed E-state index contributed by atoms with van der Waals surface area (Å²) in [4.78, 5) is 22.0. The van der Waals surface area contributed by atoms with E-state index in [1.165, 1.54) is 18.2 Å². The summed E-state index contributed by atoms with van der Waals surface area (Å²) in [5.41, 5.74) is 4.37. The van der Waals surface area contributed by atoms with Gasteiger partial charge in [-0.15, -0.1) is 0 Å². The van der Waals surface area contributed by atoms with Crippen LogP contribution in [-0.2, 0) is 29.8 Å². The Morgan fingerprint density at radius 3 is 2.60 bits per heavy atom. The van der Waals surface area contributed by atoms with Crippen molar-refractivity contribution in [2.45, 2.75) is 92.2 Å². The zero-order valence-corrected chi connectivity index (χ0v) is 30.9. The number of carbonyl (C=O) groups is 1. The van der Waals surface area contributed by atoms with Crippen LogP contribution in [0, 0.1) is 22.2 Å². The summed E-state index contributed by atoms with van der Waals surface area (Å²) < 4.78 is 25.8. The minimum atomic E-state index is -1.04. The van der Waals surface area contributed by atoms with Crippen molar-refractivity contribution in [3.8, 4) is 5.75 Å². The van der Waals surface area contributed by atoms with E-state index in [9.17, 15) is 9.90 Å². The molecule has 10 heteroatoms. The average molecular weight is 719 g/mol. The molecule has 8 fully saturated rings. The first-order valence-electron chi connectivity index (χ1n) is 20.4. The van der Waals surface area contributed by atoms with Crippen LogP contribution in [0.1, 0.15) is 62.5 Å². The first-order valence-corrected chi connectivity index (χ1v) is 20.4. The molecule has 2 aliphatic carbocycles. The quantitative estimate of drug-likeness (QED) is 0.441. The second-order valence-electron chi connectivity index (χ2n) is 18.9. The SMILES string of the molecule is COC(=O)C1=C2Nc3ccccc3[C@@]23CCN2C[C@]4(C[C@H]5C[C@]67CCO[C@H]6CCN6CC[C@@]8(c9cccc(OC)c9N(C4)[C@@]58O)[C@@H]67)[C@@H]4OCC[C@]4(C1)[C@H]23. The lowest BCUT2D eigenvalue weighted by atomic mass is 9.43. The summed E-state index contributed by atoms with van der Waals surface area (Å²) in [6.45, 7) is 6.12. The Labute approximate surface area is 310 Å². The molecule has 0 bridgehead atoms. The summed E-state index contributed by atoms with van der Waals surface area (Å²) in [7, 11) is 3.32. The molecule has 13 rings (SSSR count). The van der Waals surface area contributed by atoms with Crippen molar-refractivity contribution < 1.29 is 28.8 Å². The number of methoxy groups -OCH3 is 2. The zero-order valence-electron chi connectivity index (χ0n) is 30.9. The molecule has 1 saturated carbocycles. The molecule has 0 radical (unpaired) electrons. The first-order chi connectivity index (χ1) is 25.8. The van der Waals surface area contributed by atoms with E-state index in [-0.39, 0.29) is 57.8 Å². The number of carbonyl (C=O) groups excluding carboxylic acids is 1. The smallest absolute Gasteiger partial charge is 0.335 e. The van der Waals surface area contributed by atoms with Crippen molar-refractivity contribution in [3.05, 3.63) is 64.9 Å². The van der Waals surface area contributed by atoms with E-state index in [0.717, 1.165) is 106 Å². The third kappa shape index (κ3) is 3.07. The molecule has 0 aromatic heterocycles. The van der Waals surface area contributed by atoms with Gasteiger partial charge in [0.2, 0.25) is 0 Å². The van der Waals surface area contributed by atoms with Crippen LogP contribution < -0.4 is 15.0 Å². The standard InChI is InChI=1S/C43H50N4O6/c1-50-30-9-5-7-28-32(30)47-24-38(20-25-21-39-13-18-52-31(39)10-15-45-17-12-42(28,36(39)45)43(25,47)49)23-46-16-11-41-27-6-3-4-8-29(27)44-33(41)26(34(48)51-2)22-40(35(41)46)14-19-53-37(38)40/h3-9,25,31,35-37,44,49H,10-24H2,1-2H3/t25-,31-,35-,36-,37-,38-,39+,40-,41-,42+,43+/m0/s1. The largest absolute Gasteiger partial charge is 0.495 e. The topological polar surface area (TPSA) is 96.0 Å². The number of aliphatic hydroxyl groups is 1. The van der Waals surface area contributed by atoms with Gasteiger partial charge in [-0.05, 0) is 87.7 Å². The molecular formula is C43H50N4O6. The Balaban J connectivity index is 1.02. The van der Waals surface area contributed by atoms with E-state index < -0.39 is 11.1 Å². The molecule has 9 heterocycles. The van der Waals surface area contributed by atoms with Crippen LogP contribution in [0.3, 0.4) is 0 Å². The monoisotopic (exact) mass is 718 g/mol. The summed E-state index contributed by atoms with van der Waals surface area (Å²) >= 11 is 0. The van der Waals surface area contributed by atoms with Crippen molar-refractivity contribution in [1.29, 1.82) is 0 Å². The van der Waals surface area contributed by atoms with Gasteiger partial charge in [-0.25, -0.2) is 4.79 Å². The van der Waals surface area contributed by atoms with E-state index in [4.69, 9.17) is 18.9 Å². The van der Waals surface area contributed by atoms with E-state index in [1.54, 1.807) is 7.11 Å². The third-order valence-corrected chi connectivity index (χ3v) is 17.7. The number of hydrogen-bond acceptors (Lipinski definition) is 10.